The van der Waals surface area contributed by atoms with Crippen LogP contribution in [0.4, 0.5) is 0 Å². The van der Waals surface area contributed by atoms with Crippen LogP contribution < -0.4 is 5.32 Å². The van der Waals surface area contributed by atoms with Crippen molar-refractivity contribution < 1.29 is 0 Å². The summed E-state index contributed by atoms with van der Waals surface area (Å²) in [4.78, 5) is 4.70. The van der Waals surface area contributed by atoms with E-state index in [0.717, 1.165) is 25.0 Å². The van der Waals surface area contributed by atoms with Gasteiger partial charge in [-0.2, -0.15) is 0 Å². The average Bonchev–Trinajstić information content (AvgIpc) is 2.13. The number of hydrogen-bond donors (Lipinski definition) is 1. The molecular formula is C12H27N3. The molecule has 90 valence electrons. The van der Waals surface area contributed by atoms with Crippen molar-refractivity contribution in [2.45, 2.75) is 32.4 Å². The van der Waals surface area contributed by atoms with Crippen molar-refractivity contribution in [3.8, 4) is 0 Å². The first-order valence-corrected chi connectivity index (χ1v) is 6.09. The van der Waals surface area contributed by atoms with Crippen LogP contribution in [0.2, 0.25) is 0 Å². The molecule has 0 aromatic heterocycles. The fourth-order valence-electron chi connectivity index (χ4n) is 2.30. The van der Waals surface area contributed by atoms with Crippen molar-refractivity contribution in [2.75, 3.05) is 40.8 Å². The molecule has 0 aromatic carbocycles. The molecule has 0 spiro atoms. The summed E-state index contributed by atoms with van der Waals surface area (Å²) in [5.41, 5.74) is 0. The van der Waals surface area contributed by atoms with E-state index < -0.39 is 0 Å². The number of likely N-dealkylation sites (tertiary alicyclic amines) is 1. The summed E-state index contributed by atoms with van der Waals surface area (Å²) in [6, 6.07) is 1.43. The third kappa shape index (κ3) is 4.09. The van der Waals surface area contributed by atoms with Gasteiger partial charge < -0.3 is 15.1 Å². The van der Waals surface area contributed by atoms with E-state index in [-0.39, 0.29) is 0 Å². The Morgan fingerprint density at radius 2 is 2.00 bits per heavy atom. The third-order valence-corrected chi connectivity index (χ3v) is 3.58. The van der Waals surface area contributed by atoms with E-state index in [1.54, 1.807) is 0 Å². The monoisotopic (exact) mass is 213 g/mol. The third-order valence-electron chi connectivity index (χ3n) is 3.58. The summed E-state index contributed by atoms with van der Waals surface area (Å²) < 4.78 is 0. The van der Waals surface area contributed by atoms with Crippen LogP contribution in [0, 0.1) is 5.92 Å². The van der Waals surface area contributed by atoms with Crippen LogP contribution in [-0.4, -0.2) is 62.7 Å². The quantitative estimate of drug-likeness (QED) is 0.747. The Balaban J connectivity index is 2.28. The van der Waals surface area contributed by atoms with E-state index in [0.29, 0.717) is 6.04 Å². The Bertz CT molecular complexity index is 182. The summed E-state index contributed by atoms with van der Waals surface area (Å²) in [7, 11) is 6.49. The molecular weight excluding hydrogens is 186 g/mol. The van der Waals surface area contributed by atoms with E-state index in [1.807, 2.05) is 0 Å². The van der Waals surface area contributed by atoms with E-state index in [4.69, 9.17) is 0 Å². The Morgan fingerprint density at radius 1 is 1.33 bits per heavy atom. The number of nitrogens with one attached hydrogen (secondary N) is 1. The minimum absolute atomic E-state index is 0.705. The molecule has 0 bridgehead atoms. The highest BCUT2D eigenvalue weighted by atomic mass is 15.2. The van der Waals surface area contributed by atoms with E-state index in [2.05, 4.69) is 50.1 Å². The lowest BCUT2D eigenvalue weighted by molar-refractivity contribution is 0.121. The van der Waals surface area contributed by atoms with Gasteiger partial charge in [0.05, 0.1) is 0 Å². The lowest BCUT2D eigenvalue weighted by atomic mass is 9.90. The predicted molar refractivity (Wildman–Crippen MR) is 66.2 cm³/mol. The SMILES string of the molecule is C[C@@H]1CN(C)[C@@H](C)C[C@H]1NCCN(C)C. The first kappa shape index (κ1) is 12.9. The molecule has 3 nitrogen and oxygen atoms in total. The molecule has 0 unspecified atom stereocenters. The van der Waals surface area contributed by atoms with Crippen LogP contribution in [-0.2, 0) is 0 Å². The van der Waals surface area contributed by atoms with Crippen molar-refractivity contribution in [3.05, 3.63) is 0 Å². The van der Waals surface area contributed by atoms with Crippen LogP contribution in [0.15, 0.2) is 0 Å². The zero-order valence-electron chi connectivity index (χ0n) is 11.0. The van der Waals surface area contributed by atoms with Gasteiger partial charge in [0.1, 0.15) is 0 Å². The molecule has 1 rings (SSSR count). The molecule has 0 radical (unpaired) electrons. The maximum absolute atomic E-state index is 3.69. The second-order valence-corrected chi connectivity index (χ2v) is 5.37. The maximum atomic E-state index is 3.69. The van der Waals surface area contributed by atoms with Gasteiger partial charge in [-0.15, -0.1) is 0 Å². The zero-order chi connectivity index (χ0) is 11.4. The van der Waals surface area contributed by atoms with Gasteiger partial charge in [0.15, 0.2) is 0 Å². The van der Waals surface area contributed by atoms with Gasteiger partial charge in [-0.3, -0.25) is 0 Å². The largest absolute Gasteiger partial charge is 0.312 e. The van der Waals surface area contributed by atoms with E-state index in [1.165, 1.54) is 13.0 Å². The van der Waals surface area contributed by atoms with Crippen molar-refractivity contribution in [1.29, 1.82) is 0 Å². The molecule has 0 amide bonds. The fourth-order valence-corrected chi connectivity index (χ4v) is 2.30. The van der Waals surface area contributed by atoms with Crippen molar-refractivity contribution in [3.63, 3.8) is 0 Å². The molecule has 1 N–H and O–H groups in total. The van der Waals surface area contributed by atoms with Gasteiger partial charge in [-0.25, -0.2) is 0 Å². The van der Waals surface area contributed by atoms with Gasteiger partial charge in [0.2, 0.25) is 0 Å². The van der Waals surface area contributed by atoms with Gasteiger partial charge in [-0.05, 0) is 40.4 Å². The molecule has 1 aliphatic rings. The second kappa shape index (κ2) is 5.83. The molecule has 0 aromatic rings. The molecule has 1 saturated heterocycles. The smallest absolute Gasteiger partial charge is 0.0120 e. The topological polar surface area (TPSA) is 18.5 Å². The van der Waals surface area contributed by atoms with Gasteiger partial charge in [0.25, 0.3) is 0 Å². The molecule has 1 aliphatic heterocycles. The minimum Gasteiger partial charge on any atom is -0.312 e. The summed E-state index contributed by atoms with van der Waals surface area (Å²) in [5, 5.41) is 3.69. The number of likely N-dealkylation sites (N-methyl/N-ethyl adjacent to an activating group) is 1. The second-order valence-electron chi connectivity index (χ2n) is 5.37. The molecule has 1 fully saturated rings. The lowest BCUT2D eigenvalue weighted by Gasteiger charge is -2.40. The molecule has 3 heteroatoms. The highest BCUT2D eigenvalue weighted by molar-refractivity contribution is 4.86. The minimum atomic E-state index is 0.705. The normalized spacial score (nSPS) is 33.6. The molecule has 3 atom stereocenters. The van der Waals surface area contributed by atoms with E-state index >= 15 is 0 Å². The first-order valence-electron chi connectivity index (χ1n) is 6.09. The molecule has 0 aliphatic carbocycles. The number of nitrogens with zero attached hydrogens (tertiary/aromatic N) is 2. The van der Waals surface area contributed by atoms with Gasteiger partial charge in [0, 0.05) is 31.7 Å². The van der Waals surface area contributed by atoms with Crippen LogP contribution in [0.1, 0.15) is 20.3 Å². The zero-order valence-corrected chi connectivity index (χ0v) is 11.0. The summed E-state index contributed by atoms with van der Waals surface area (Å²) in [5.74, 6) is 0.772. The van der Waals surface area contributed by atoms with Crippen molar-refractivity contribution in [1.82, 2.24) is 15.1 Å². The van der Waals surface area contributed by atoms with Crippen molar-refractivity contribution >= 4 is 0 Å². The lowest BCUT2D eigenvalue weighted by Crippen LogP contribution is -2.51. The summed E-state index contributed by atoms with van der Waals surface area (Å²) in [6.45, 7) is 8.15. The summed E-state index contributed by atoms with van der Waals surface area (Å²) >= 11 is 0. The van der Waals surface area contributed by atoms with Crippen LogP contribution >= 0.6 is 0 Å². The Morgan fingerprint density at radius 3 is 2.60 bits per heavy atom. The summed E-state index contributed by atoms with van der Waals surface area (Å²) in [6.07, 6.45) is 1.28. The van der Waals surface area contributed by atoms with Crippen LogP contribution in [0.25, 0.3) is 0 Å². The Labute approximate surface area is 94.8 Å². The fraction of sp³-hybridized carbons (Fsp3) is 1.00. The van der Waals surface area contributed by atoms with Gasteiger partial charge >= 0.3 is 0 Å². The predicted octanol–water partition coefficient (Wildman–Crippen LogP) is 0.866. The Hall–Kier alpha value is -0.120. The Kier molecular flexibility index (Phi) is 5.03. The molecule has 0 saturated carbocycles. The first-order chi connectivity index (χ1) is 7.00. The van der Waals surface area contributed by atoms with Crippen LogP contribution in [0.3, 0.4) is 0 Å². The highest BCUT2D eigenvalue weighted by Gasteiger charge is 2.28. The van der Waals surface area contributed by atoms with Gasteiger partial charge in [-0.1, -0.05) is 6.92 Å². The maximum Gasteiger partial charge on any atom is 0.0120 e. The number of piperidine rings is 1. The molecule has 1 heterocycles. The van der Waals surface area contributed by atoms with Crippen LogP contribution in [0.5, 0.6) is 0 Å². The standard InChI is InChI=1S/C12H27N3/c1-10-9-15(5)11(2)8-12(10)13-6-7-14(3)4/h10-13H,6-9H2,1-5H3/t10-,11+,12-/m1/s1. The number of hydrogen-bond acceptors (Lipinski definition) is 3. The average molecular weight is 213 g/mol. The number of rotatable bonds is 4. The van der Waals surface area contributed by atoms with E-state index in [9.17, 15) is 0 Å². The van der Waals surface area contributed by atoms with Crippen molar-refractivity contribution in [2.24, 2.45) is 5.92 Å². The molecule has 15 heavy (non-hydrogen) atoms. The highest BCUT2D eigenvalue weighted by Crippen LogP contribution is 2.20.